The second kappa shape index (κ2) is 9.52. The van der Waals surface area contributed by atoms with Gasteiger partial charge in [0.2, 0.25) is 0 Å². The van der Waals surface area contributed by atoms with Crippen molar-refractivity contribution in [3.8, 4) is 5.75 Å². The Morgan fingerprint density at radius 1 is 0.906 bits per heavy atom. The van der Waals surface area contributed by atoms with Gasteiger partial charge in [0, 0.05) is 12.0 Å². The van der Waals surface area contributed by atoms with E-state index in [-0.39, 0.29) is 18.8 Å². The van der Waals surface area contributed by atoms with Gasteiger partial charge >= 0.3 is 11.6 Å². The van der Waals surface area contributed by atoms with E-state index in [1.54, 1.807) is 6.07 Å². The highest BCUT2D eigenvalue weighted by molar-refractivity contribution is 5.88. The van der Waals surface area contributed by atoms with Crippen molar-refractivity contribution in [2.45, 2.75) is 26.9 Å². The molecule has 0 aliphatic heterocycles. The molecule has 0 unspecified atom stereocenters. The van der Waals surface area contributed by atoms with Gasteiger partial charge in [-0.05, 0) is 48.2 Å². The van der Waals surface area contributed by atoms with Crippen LogP contribution in [0.2, 0.25) is 0 Å². The first-order chi connectivity index (χ1) is 15.5. The Morgan fingerprint density at radius 3 is 2.25 bits per heavy atom. The smallest absolute Gasteiger partial charge is 0.344 e. The fraction of sp³-hybridized carbons (Fsp3) is 0.185. The van der Waals surface area contributed by atoms with Gasteiger partial charge in [0.05, 0.1) is 5.39 Å². The Morgan fingerprint density at radius 2 is 1.56 bits per heavy atom. The van der Waals surface area contributed by atoms with Crippen molar-refractivity contribution in [1.82, 2.24) is 0 Å². The van der Waals surface area contributed by atoms with Crippen LogP contribution in [-0.4, -0.2) is 12.6 Å². The van der Waals surface area contributed by atoms with Gasteiger partial charge in [-0.25, -0.2) is 9.59 Å². The minimum Gasteiger partial charge on any atom is -0.481 e. The molecule has 4 rings (SSSR count). The van der Waals surface area contributed by atoms with Crippen molar-refractivity contribution < 1.29 is 18.7 Å². The van der Waals surface area contributed by atoms with Crippen LogP contribution in [0.1, 0.15) is 27.8 Å². The molecule has 0 fully saturated rings. The quantitative estimate of drug-likeness (QED) is 0.302. The maximum Gasteiger partial charge on any atom is 0.344 e. The number of benzene rings is 3. The summed E-state index contributed by atoms with van der Waals surface area (Å²) in [6.45, 7) is 3.71. The maximum atomic E-state index is 12.7. The molecule has 0 radical (unpaired) electrons. The lowest BCUT2D eigenvalue weighted by molar-refractivity contribution is -0.147. The van der Waals surface area contributed by atoms with E-state index in [0.717, 1.165) is 22.3 Å². The second-order valence-corrected chi connectivity index (χ2v) is 7.73. The molecule has 0 aliphatic carbocycles. The summed E-state index contributed by atoms with van der Waals surface area (Å²) in [6.07, 6.45) is 0.456. The molecule has 32 heavy (non-hydrogen) atoms. The average molecular weight is 428 g/mol. The Labute approximate surface area is 186 Å². The maximum absolute atomic E-state index is 12.7. The van der Waals surface area contributed by atoms with Crippen molar-refractivity contribution in [3.63, 3.8) is 0 Å². The first kappa shape index (κ1) is 21.4. The molecule has 0 N–H and O–H groups in total. The van der Waals surface area contributed by atoms with Crippen LogP contribution in [0.4, 0.5) is 0 Å². The molecule has 5 heteroatoms. The van der Waals surface area contributed by atoms with Gasteiger partial charge in [-0.2, -0.15) is 0 Å². The first-order valence-electron chi connectivity index (χ1n) is 10.4. The van der Waals surface area contributed by atoms with E-state index in [2.05, 4.69) is 0 Å². The Bertz CT molecular complexity index is 1290. The van der Waals surface area contributed by atoms with Crippen LogP contribution in [-0.2, 0) is 22.6 Å². The average Bonchev–Trinajstić information content (AvgIpc) is 2.80. The van der Waals surface area contributed by atoms with Crippen LogP contribution in [0.15, 0.2) is 82.0 Å². The van der Waals surface area contributed by atoms with Gasteiger partial charge in [-0.15, -0.1) is 0 Å². The Balaban J connectivity index is 1.58. The number of hydrogen-bond donors (Lipinski definition) is 0. The van der Waals surface area contributed by atoms with Crippen LogP contribution in [0.3, 0.4) is 0 Å². The van der Waals surface area contributed by atoms with E-state index in [1.165, 1.54) is 0 Å². The lowest BCUT2D eigenvalue weighted by atomic mass is 9.98. The molecule has 0 spiro atoms. The molecule has 0 amide bonds. The summed E-state index contributed by atoms with van der Waals surface area (Å²) < 4.78 is 16.8. The van der Waals surface area contributed by atoms with Gasteiger partial charge < -0.3 is 13.9 Å². The predicted molar refractivity (Wildman–Crippen MR) is 123 cm³/mol. The topological polar surface area (TPSA) is 65.7 Å². The molecular weight excluding hydrogens is 404 g/mol. The van der Waals surface area contributed by atoms with Gasteiger partial charge in [0.25, 0.3) is 0 Å². The van der Waals surface area contributed by atoms with Gasteiger partial charge in [-0.1, -0.05) is 60.7 Å². The van der Waals surface area contributed by atoms with Crippen molar-refractivity contribution in [2.24, 2.45) is 0 Å². The molecule has 0 aliphatic rings. The van der Waals surface area contributed by atoms with E-state index in [4.69, 9.17) is 13.9 Å². The molecule has 0 atom stereocenters. The minimum atomic E-state index is -0.469. The Hall–Kier alpha value is -3.86. The molecule has 1 aromatic heterocycles. The summed E-state index contributed by atoms with van der Waals surface area (Å²) in [5.74, 6) is 0.0234. The fourth-order valence-electron chi connectivity index (χ4n) is 3.67. The molecule has 0 saturated heterocycles. The zero-order valence-electron chi connectivity index (χ0n) is 18.1. The van der Waals surface area contributed by atoms with Crippen LogP contribution in [0, 0.1) is 13.8 Å². The van der Waals surface area contributed by atoms with Gasteiger partial charge in [-0.3, -0.25) is 0 Å². The molecule has 5 nitrogen and oxygen atoms in total. The molecule has 1 heterocycles. The molecule has 4 aromatic rings. The number of carbonyl (C=O) groups excluding carboxylic acids is 1. The van der Waals surface area contributed by atoms with Crippen LogP contribution >= 0.6 is 0 Å². The van der Waals surface area contributed by atoms with Crippen molar-refractivity contribution >= 4 is 16.9 Å². The number of ether oxygens (including phenoxy) is 2. The zero-order valence-corrected chi connectivity index (χ0v) is 18.1. The third-order valence-corrected chi connectivity index (χ3v) is 5.30. The zero-order chi connectivity index (χ0) is 22.5. The van der Waals surface area contributed by atoms with E-state index < -0.39 is 5.97 Å². The predicted octanol–water partition coefficient (Wildman–Crippen LogP) is 5.12. The molecule has 162 valence electrons. The summed E-state index contributed by atoms with van der Waals surface area (Å²) in [5.41, 5.74) is 4.22. The summed E-state index contributed by atoms with van der Waals surface area (Å²) >= 11 is 0. The van der Waals surface area contributed by atoms with E-state index in [9.17, 15) is 9.59 Å². The van der Waals surface area contributed by atoms with Crippen LogP contribution < -0.4 is 10.4 Å². The second-order valence-electron chi connectivity index (χ2n) is 7.73. The fourth-order valence-corrected chi connectivity index (χ4v) is 3.67. The highest BCUT2D eigenvalue weighted by Gasteiger charge is 2.17. The van der Waals surface area contributed by atoms with Crippen LogP contribution in [0.25, 0.3) is 11.0 Å². The summed E-state index contributed by atoms with van der Waals surface area (Å²) in [7, 11) is 0. The van der Waals surface area contributed by atoms with Crippen LogP contribution in [0.5, 0.6) is 5.75 Å². The minimum absolute atomic E-state index is 0.187. The molecule has 0 saturated carbocycles. The molecular formula is C27H24O5. The molecule has 0 bridgehead atoms. The normalized spacial score (nSPS) is 10.8. The lowest BCUT2D eigenvalue weighted by Gasteiger charge is -2.14. The lowest BCUT2D eigenvalue weighted by Crippen LogP contribution is -2.16. The highest BCUT2D eigenvalue weighted by atomic mass is 16.6. The van der Waals surface area contributed by atoms with E-state index in [1.807, 2.05) is 80.6 Å². The third-order valence-electron chi connectivity index (χ3n) is 5.30. The summed E-state index contributed by atoms with van der Waals surface area (Å²) in [5, 5.41) is 0.692. The van der Waals surface area contributed by atoms with E-state index >= 15 is 0 Å². The standard InChI is InChI=1S/C27H24O5/c1-18-13-23(30-17-25(28)31-16-21-11-7-4-8-12-21)26-19(2)22(27(29)32-24(26)14-18)15-20-9-5-3-6-10-20/h3-14H,15-17H2,1-2H3. The Kier molecular flexibility index (Phi) is 6.36. The van der Waals surface area contributed by atoms with Crippen molar-refractivity contribution in [1.29, 1.82) is 0 Å². The highest BCUT2D eigenvalue weighted by Crippen LogP contribution is 2.31. The number of rotatable bonds is 7. The summed E-state index contributed by atoms with van der Waals surface area (Å²) in [6, 6.07) is 22.9. The molecule has 3 aromatic carbocycles. The summed E-state index contributed by atoms with van der Waals surface area (Å²) in [4.78, 5) is 24.9. The number of fused-ring (bicyclic) bond motifs is 1. The number of hydrogen-bond acceptors (Lipinski definition) is 5. The van der Waals surface area contributed by atoms with Gasteiger partial charge in [0.15, 0.2) is 6.61 Å². The number of carbonyl (C=O) groups is 1. The largest absolute Gasteiger partial charge is 0.481 e. The van der Waals surface area contributed by atoms with E-state index in [0.29, 0.717) is 28.7 Å². The monoisotopic (exact) mass is 428 g/mol. The number of aryl methyl sites for hydroxylation is 2. The van der Waals surface area contributed by atoms with Crippen molar-refractivity contribution in [3.05, 3.63) is 111 Å². The number of esters is 1. The van der Waals surface area contributed by atoms with Gasteiger partial charge in [0.1, 0.15) is 17.9 Å². The van der Waals surface area contributed by atoms with Crippen molar-refractivity contribution in [2.75, 3.05) is 6.61 Å². The third kappa shape index (κ3) is 4.89. The first-order valence-corrected chi connectivity index (χ1v) is 10.4. The SMILES string of the molecule is Cc1cc(OCC(=O)OCc2ccccc2)c2c(C)c(Cc3ccccc3)c(=O)oc2c1.